The molecule has 2 aromatic rings. The summed E-state index contributed by atoms with van der Waals surface area (Å²) in [5.41, 5.74) is 1.82. The molecular formula is C23H29N3O2S. The zero-order valence-electron chi connectivity index (χ0n) is 17.1. The molecule has 154 valence electrons. The summed E-state index contributed by atoms with van der Waals surface area (Å²) in [6.45, 7) is 5.60. The molecule has 1 aliphatic heterocycles. The summed E-state index contributed by atoms with van der Waals surface area (Å²) in [7, 11) is 0. The highest BCUT2D eigenvalue weighted by atomic mass is 32.2. The van der Waals surface area contributed by atoms with Crippen LogP contribution in [0.25, 0.3) is 0 Å². The van der Waals surface area contributed by atoms with Gasteiger partial charge in [-0.1, -0.05) is 44.2 Å². The van der Waals surface area contributed by atoms with E-state index in [1.165, 1.54) is 5.56 Å². The third kappa shape index (κ3) is 6.07. The fourth-order valence-electron chi connectivity index (χ4n) is 3.50. The molecule has 5 nitrogen and oxygen atoms in total. The van der Waals surface area contributed by atoms with Gasteiger partial charge < -0.3 is 10.2 Å². The van der Waals surface area contributed by atoms with Gasteiger partial charge in [0.25, 0.3) is 5.91 Å². The fourth-order valence-corrected chi connectivity index (χ4v) is 4.74. The first-order valence-electron chi connectivity index (χ1n) is 10.2. The molecule has 1 N–H and O–H groups in total. The maximum absolute atomic E-state index is 13.1. The van der Waals surface area contributed by atoms with Crippen molar-refractivity contribution in [2.45, 2.75) is 43.7 Å². The van der Waals surface area contributed by atoms with Crippen molar-refractivity contribution in [3.8, 4) is 0 Å². The average molecular weight is 412 g/mol. The zero-order valence-corrected chi connectivity index (χ0v) is 17.9. The Hall–Kier alpha value is -2.34. The maximum Gasteiger partial charge on any atom is 0.253 e. The Balaban J connectivity index is 1.50. The molecule has 1 aromatic heterocycles. The van der Waals surface area contributed by atoms with Crippen LogP contribution in [-0.4, -0.2) is 46.1 Å². The number of carbonyl (C=O) groups excluding carboxylic acids is 2. The number of pyridine rings is 1. The monoisotopic (exact) mass is 411 g/mol. The number of hydrogen-bond acceptors (Lipinski definition) is 4. The summed E-state index contributed by atoms with van der Waals surface area (Å²) in [6, 6.07) is 13.9. The van der Waals surface area contributed by atoms with E-state index in [2.05, 4.69) is 36.3 Å². The molecular weight excluding hydrogens is 382 g/mol. The minimum atomic E-state index is -0.0960. The molecule has 1 atom stereocenters. The first-order chi connectivity index (χ1) is 14.0. The highest BCUT2D eigenvalue weighted by molar-refractivity contribution is 7.99. The number of rotatable bonds is 7. The highest BCUT2D eigenvalue weighted by Crippen LogP contribution is 2.27. The lowest BCUT2D eigenvalue weighted by atomic mass is 10.0. The Labute approximate surface area is 177 Å². The summed E-state index contributed by atoms with van der Waals surface area (Å²) >= 11 is 1.73. The SMILES string of the molecule is CC(C)C(SCc1ccccc1)C(=O)N1CCC(NC(=O)c2cccnc2)CC1. The number of benzene rings is 1. The lowest BCUT2D eigenvalue weighted by Crippen LogP contribution is -2.49. The van der Waals surface area contributed by atoms with Crippen LogP contribution < -0.4 is 5.32 Å². The maximum atomic E-state index is 13.1. The molecule has 0 aliphatic carbocycles. The van der Waals surface area contributed by atoms with Gasteiger partial charge >= 0.3 is 0 Å². The van der Waals surface area contributed by atoms with Gasteiger partial charge in [0.05, 0.1) is 10.8 Å². The summed E-state index contributed by atoms with van der Waals surface area (Å²) in [4.78, 5) is 31.4. The minimum absolute atomic E-state index is 0.0447. The van der Waals surface area contributed by atoms with Crippen LogP contribution in [0.15, 0.2) is 54.9 Å². The van der Waals surface area contributed by atoms with E-state index in [0.29, 0.717) is 18.7 Å². The lowest BCUT2D eigenvalue weighted by Gasteiger charge is -2.35. The predicted octanol–water partition coefficient (Wildman–Crippen LogP) is 3.76. The van der Waals surface area contributed by atoms with Crippen molar-refractivity contribution in [1.29, 1.82) is 0 Å². The summed E-state index contributed by atoms with van der Waals surface area (Å²) in [5.74, 6) is 1.24. The topological polar surface area (TPSA) is 62.3 Å². The number of piperidine rings is 1. The van der Waals surface area contributed by atoms with E-state index in [9.17, 15) is 9.59 Å². The molecule has 3 rings (SSSR count). The fraction of sp³-hybridized carbons (Fsp3) is 0.435. The van der Waals surface area contributed by atoms with E-state index in [1.807, 2.05) is 23.1 Å². The first kappa shape index (κ1) is 21.4. The number of aromatic nitrogens is 1. The van der Waals surface area contributed by atoms with E-state index >= 15 is 0 Å². The molecule has 1 fully saturated rings. The van der Waals surface area contributed by atoms with Crippen LogP contribution in [-0.2, 0) is 10.5 Å². The molecule has 1 aromatic carbocycles. The number of thioether (sulfide) groups is 1. The number of carbonyl (C=O) groups is 2. The van der Waals surface area contributed by atoms with Crippen LogP contribution in [0.4, 0.5) is 0 Å². The van der Waals surface area contributed by atoms with Crippen LogP contribution in [0.1, 0.15) is 42.6 Å². The van der Waals surface area contributed by atoms with Crippen molar-refractivity contribution in [2.24, 2.45) is 5.92 Å². The number of hydrogen-bond donors (Lipinski definition) is 1. The number of amides is 2. The molecule has 29 heavy (non-hydrogen) atoms. The first-order valence-corrected chi connectivity index (χ1v) is 11.2. The van der Waals surface area contributed by atoms with Crippen molar-refractivity contribution in [3.05, 3.63) is 66.0 Å². The van der Waals surface area contributed by atoms with Crippen molar-refractivity contribution in [2.75, 3.05) is 13.1 Å². The number of nitrogens with one attached hydrogen (secondary N) is 1. The van der Waals surface area contributed by atoms with E-state index in [1.54, 1.807) is 36.3 Å². The van der Waals surface area contributed by atoms with E-state index < -0.39 is 0 Å². The molecule has 1 saturated heterocycles. The van der Waals surface area contributed by atoms with Gasteiger partial charge in [-0.25, -0.2) is 0 Å². The van der Waals surface area contributed by atoms with Gasteiger partial charge in [0.1, 0.15) is 0 Å². The molecule has 2 amide bonds. The second kappa shape index (κ2) is 10.4. The molecule has 0 spiro atoms. The predicted molar refractivity (Wildman–Crippen MR) is 118 cm³/mol. The normalized spacial score (nSPS) is 15.9. The van der Waals surface area contributed by atoms with Gasteiger partial charge in [-0.15, -0.1) is 11.8 Å². The summed E-state index contributed by atoms with van der Waals surface area (Å²) in [5, 5.41) is 3.03. The van der Waals surface area contributed by atoms with Crippen LogP contribution in [0.5, 0.6) is 0 Å². The molecule has 6 heteroatoms. The molecule has 0 radical (unpaired) electrons. The van der Waals surface area contributed by atoms with E-state index in [0.717, 1.165) is 18.6 Å². The third-order valence-electron chi connectivity index (χ3n) is 5.19. The van der Waals surface area contributed by atoms with E-state index in [-0.39, 0.29) is 29.0 Å². The standard InChI is InChI=1S/C23H29N3O2S/c1-17(2)21(29-16-18-7-4-3-5-8-18)23(28)26-13-10-20(11-14-26)25-22(27)19-9-6-12-24-15-19/h3-9,12,15,17,20-21H,10-11,13-14,16H2,1-2H3,(H,25,27). The molecule has 0 saturated carbocycles. The summed E-state index contributed by atoms with van der Waals surface area (Å²) in [6.07, 6.45) is 4.80. The van der Waals surface area contributed by atoms with Gasteiger partial charge in [-0.05, 0) is 36.5 Å². The van der Waals surface area contributed by atoms with Crippen LogP contribution in [0, 0.1) is 5.92 Å². The Bertz CT molecular complexity index is 790. The highest BCUT2D eigenvalue weighted by Gasteiger charge is 2.30. The smallest absolute Gasteiger partial charge is 0.253 e. The van der Waals surface area contributed by atoms with Crippen molar-refractivity contribution in [3.63, 3.8) is 0 Å². The Kier molecular flexibility index (Phi) is 7.69. The van der Waals surface area contributed by atoms with Gasteiger partial charge in [-0.3, -0.25) is 14.6 Å². The molecule has 1 unspecified atom stereocenters. The van der Waals surface area contributed by atoms with Crippen molar-refractivity contribution < 1.29 is 9.59 Å². The number of nitrogens with zero attached hydrogens (tertiary/aromatic N) is 2. The quantitative estimate of drug-likeness (QED) is 0.754. The van der Waals surface area contributed by atoms with Gasteiger partial charge in [0, 0.05) is 37.3 Å². The van der Waals surface area contributed by atoms with Gasteiger partial charge in [0.15, 0.2) is 0 Å². The van der Waals surface area contributed by atoms with Crippen molar-refractivity contribution in [1.82, 2.24) is 15.2 Å². The lowest BCUT2D eigenvalue weighted by molar-refractivity contribution is -0.132. The average Bonchev–Trinajstić information content (AvgIpc) is 2.75. The van der Waals surface area contributed by atoms with E-state index in [4.69, 9.17) is 0 Å². The minimum Gasteiger partial charge on any atom is -0.349 e. The molecule has 0 bridgehead atoms. The largest absolute Gasteiger partial charge is 0.349 e. The summed E-state index contributed by atoms with van der Waals surface area (Å²) < 4.78 is 0. The second-order valence-electron chi connectivity index (χ2n) is 7.78. The molecule has 1 aliphatic rings. The van der Waals surface area contributed by atoms with Crippen LogP contribution in [0.3, 0.4) is 0 Å². The Morgan fingerprint density at radius 1 is 1.14 bits per heavy atom. The van der Waals surface area contributed by atoms with Crippen molar-refractivity contribution >= 4 is 23.6 Å². The molecule has 2 heterocycles. The Morgan fingerprint density at radius 2 is 1.86 bits per heavy atom. The number of likely N-dealkylation sites (tertiary alicyclic amines) is 1. The Morgan fingerprint density at radius 3 is 2.48 bits per heavy atom. The second-order valence-corrected chi connectivity index (χ2v) is 8.91. The van der Waals surface area contributed by atoms with Crippen LogP contribution >= 0.6 is 11.8 Å². The van der Waals surface area contributed by atoms with Gasteiger partial charge in [-0.2, -0.15) is 0 Å². The third-order valence-corrected chi connectivity index (χ3v) is 6.79. The zero-order chi connectivity index (χ0) is 20.6. The van der Waals surface area contributed by atoms with Gasteiger partial charge in [0.2, 0.25) is 5.91 Å². The van der Waals surface area contributed by atoms with Crippen LogP contribution in [0.2, 0.25) is 0 Å².